The molecule has 1 atom stereocenters. The molecule has 0 radical (unpaired) electrons. The van der Waals surface area contributed by atoms with E-state index in [0.29, 0.717) is 16.5 Å². The summed E-state index contributed by atoms with van der Waals surface area (Å²) in [6, 6.07) is 12.4. The predicted molar refractivity (Wildman–Crippen MR) is 97.7 cm³/mol. The fourth-order valence-corrected chi connectivity index (χ4v) is 4.16. The van der Waals surface area contributed by atoms with E-state index in [4.69, 9.17) is 4.74 Å². The van der Waals surface area contributed by atoms with Gasteiger partial charge in [0.2, 0.25) is 0 Å². The number of carbonyl (C=O) groups is 1. The normalized spacial score (nSPS) is 17.8. The van der Waals surface area contributed by atoms with Gasteiger partial charge in [0.25, 0.3) is 5.91 Å². The van der Waals surface area contributed by atoms with Gasteiger partial charge in [-0.1, -0.05) is 30.3 Å². The van der Waals surface area contributed by atoms with E-state index in [9.17, 15) is 4.79 Å². The van der Waals surface area contributed by atoms with Gasteiger partial charge in [-0.2, -0.15) is 0 Å². The van der Waals surface area contributed by atoms with Crippen molar-refractivity contribution in [1.29, 1.82) is 0 Å². The lowest BCUT2D eigenvalue weighted by atomic mass is 10.1. The van der Waals surface area contributed by atoms with Crippen molar-refractivity contribution in [3.05, 3.63) is 52.2 Å². The number of hydrogen-bond acceptors (Lipinski definition) is 4. The zero-order chi connectivity index (χ0) is 16.9. The number of carbonyl (C=O) groups excluding carboxylic acids is 1. The van der Waals surface area contributed by atoms with Gasteiger partial charge in [0, 0.05) is 26.7 Å². The number of rotatable bonds is 6. The van der Waals surface area contributed by atoms with E-state index in [1.807, 2.05) is 23.4 Å². The van der Waals surface area contributed by atoms with Gasteiger partial charge in [0.05, 0.1) is 7.11 Å². The molecule has 1 fully saturated rings. The van der Waals surface area contributed by atoms with Crippen LogP contribution in [0.5, 0.6) is 5.75 Å². The molecule has 1 saturated heterocycles. The highest BCUT2D eigenvalue weighted by Gasteiger charge is 2.26. The Morgan fingerprint density at radius 3 is 2.88 bits per heavy atom. The SMILES string of the molecule is COc1ccsc1C(=O)N(C)CC1CCN(Cc2ccccc2)C1. The number of thiophene rings is 1. The lowest BCUT2D eigenvalue weighted by Crippen LogP contribution is -2.32. The number of hydrogen-bond donors (Lipinski definition) is 0. The molecule has 4 nitrogen and oxygen atoms in total. The molecule has 5 heteroatoms. The Hall–Kier alpha value is -1.85. The van der Waals surface area contributed by atoms with Crippen LogP contribution in [0.4, 0.5) is 0 Å². The molecule has 1 aliphatic heterocycles. The van der Waals surface area contributed by atoms with Crippen LogP contribution < -0.4 is 4.74 Å². The van der Waals surface area contributed by atoms with E-state index in [1.165, 1.54) is 16.9 Å². The van der Waals surface area contributed by atoms with Crippen LogP contribution in [-0.4, -0.2) is 49.5 Å². The first-order chi connectivity index (χ1) is 11.7. The van der Waals surface area contributed by atoms with Crippen molar-refractivity contribution in [2.24, 2.45) is 5.92 Å². The number of benzene rings is 1. The minimum Gasteiger partial charge on any atom is -0.495 e. The van der Waals surface area contributed by atoms with Gasteiger partial charge < -0.3 is 9.64 Å². The zero-order valence-corrected chi connectivity index (χ0v) is 15.1. The molecule has 0 aliphatic carbocycles. The number of amides is 1. The highest BCUT2D eigenvalue weighted by Crippen LogP contribution is 2.27. The van der Waals surface area contributed by atoms with E-state index in [0.717, 1.165) is 32.6 Å². The highest BCUT2D eigenvalue weighted by molar-refractivity contribution is 7.12. The Kier molecular flexibility index (Phi) is 5.53. The molecule has 1 aromatic heterocycles. The van der Waals surface area contributed by atoms with Gasteiger partial charge >= 0.3 is 0 Å². The van der Waals surface area contributed by atoms with Crippen LogP contribution in [0.3, 0.4) is 0 Å². The first-order valence-electron chi connectivity index (χ1n) is 8.30. The van der Waals surface area contributed by atoms with Crippen molar-refractivity contribution in [2.45, 2.75) is 13.0 Å². The molecule has 0 saturated carbocycles. The molecule has 128 valence electrons. The Balaban J connectivity index is 1.52. The summed E-state index contributed by atoms with van der Waals surface area (Å²) in [4.78, 5) is 17.6. The zero-order valence-electron chi connectivity index (χ0n) is 14.3. The van der Waals surface area contributed by atoms with E-state index in [1.54, 1.807) is 7.11 Å². The minimum atomic E-state index is 0.0587. The number of methoxy groups -OCH3 is 1. The van der Waals surface area contributed by atoms with Crippen molar-refractivity contribution < 1.29 is 9.53 Å². The summed E-state index contributed by atoms with van der Waals surface area (Å²) in [6.45, 7) is 3.94. The van der Waals surface area contributed by atoms with Crippen LogP contribution in [0.1, 0.15) is 21.7 Å². The second kappa shape index (κ2) is 7.81. The summed E-state index contributed by atoms with van der Waals surface area (Å²) >= 11 is 1.44. The second-order valence-corrected chi connectivity index (χ2v) is 7.30. The van der Waals surface area contributed by atoms with Crippen molar-refractivity contribution in [3.8, 4) is 5.75 Å². The summed E-state index contributed by atoms with van der Waals surface area (Å²) < 4.78 is 5.26. The van der Waals surface area contributed by atoms with E-state index >= 15 is 0 Å². The minimum absolute atomic E-state index is 0.0587. The number of nitrogens with zero attached hydrogens (tertiary/aromatic N) is 2. The Bertz CT molecular complexity index is 671. The second-order valence-electron chi connectivity index (χ2n) is 6.38. The van der Waals surface area contributed by atoms with Crippen molar-refractivity contribution >= 4 is 17.2 Å². The molecule has 3 rings (SSSR count). The van der Waals surface area contributed by atoms with Crippen LogP contribution in [0.25, 0.3) is 0 Å². The van der Waals surface area contributed by atoms with Gasteiger partial charge in [0.1, 0.15) is 10.6 Å². The maximum absolute atomic E-state index is 12.6. The first kappa shape index (κ1) is 17.0. The standard InChI is InChI=1S/C19H24N2O2S/c1-20(19(22)18-17(23-2)9-11-24-18)12-16-8-10-21(14-16)13-15-6-4-3-5-7-15/h3-7,9,11,16H,8,10,12-14H2,1-2H3. The maximum atomic E-state index is 12.6. The first-order valence-corrected chi connectivity index (χ1v) is 9.18. The van der Waals surface area contributed by atoms with Crippen LogP contribution in [0.2, 0.25) is 0 Å². The monoisotopic (exact) mass is 344 g/mol. The fourth-order valence-electron chi connectivity index (χ4n) is 3.30. The molecule has 1 aliphatic rings. The highest BCUT2D eigenvalue weighted by atomic mass is 32.1. The average Bonchev–Trinajstić information content (AvgIpc) is 3.24. The topological polar surface area (TPSA) is 32.8 Å². The number of likely N-dealkylation sites (tertiary alicyclic amines) is 1. The fraction of sp³-hybridized carbons (Fsp3) is 0.421. The van der Waals surface area contributed by atoms with Gasteiger partial charge in [-0.15, -0.1) is 11.3 Å². The van der Waals surface area contributed by atoms with Crippen LogP contribution >= 0.6 is 11.3 Å². The molecule has 1 unspecified atom stereocenters. The third kappa shape index (κ3) is 3.97. The smallest absolute Gasteiger partial charge is 0.267 e. The van der Waals surface area contributed by atoms with Crippen molar-refractivity contribution in [2.75, 3.05) is 33.8 Å². The summed E-state index contributed by atoms with van der Waals surface area (Å²) in [5, 5.41) is 1.90. The van der Waals surface area contributed by atoms with Gasteiger partial charge in [-0.25, -0.2) is 0 Å². The van der Waals surface area contributed by atoms with Gasteiger partial charge in [0.15, 0.2) is 0 Å². The molecule has 1 amide bonds. The largest absolute Gasteiger partial charge is 0.495 e. The van der Waals surface area contributed by atoms with Crippen LogP contribution in [-0.2, 0) is 6.54 Å². The van der Waals surface area contributed by atoms with Gasteiger partial charge in [-0.3, -0.25) is 9.69 Å². The van der Waals surface area contributed by atoms with Crippen LogP contribution in [0, 0.1) is 5.92 Å². The molecule has 2 aromatic rings. The molecule has 1 aromatic carbocycles. The van der Waals surface area contributed by atoms with Crippen molar-refractivity contribution in [3.63, 3.8) is 0 Å². The van der Waals surface area contributed by atoms with E-state index in [2.05, 4.69) is 35.2 Å². The third-order valence-corrected chi connectivity index (χ3v) is 5.42. The molecule has 0 N–H and O–H groups in total. The maximum Gasteiger partial charge on any atom is 0.267 e. The molecule has 24 heavy (non-hydrogen) atoms. The van der Waals surface area contributed by atoms with E-state index in [-0.39, 0.29) is 5.91 Å². The van der Waals surface area contributed by atoms with Gasteiger partial charge in [-0.05, 0) is 35.9 Å². The lowest BCUT2D eigenvalue weighted by Gasteiger charge is -2.22. The molecule has 2 heterocycles. The van der Waals surface area contributed by atoms with Crippen molar-refractivity contribution in [1.82, 2.24) is 9.80 Å². The Morgan fingerprint density at radius 1 is 1.33 bits per heavy atom. The third-order valence-electron chi connectivity index (χ3n) is 4.54. The Morgan fingerprint density at radius 2 is 2.12 bits per heavy atom. The molecular formula is C19H24N2O2S. The predicted octanol–water partition coefficient (Wildman–Crippen LogP) is 3.35. The quantitative estimate of drug-likeness (QED) is 0.806. The molecule has 0 bridgehead atoms. The molecular weight excluding hydrogens is 320 g/mol. The van der Waals surface area contributed by atoms with E-state index < -0.39 is 0 Å². The Labute approximate surface area is 147 Å². The lowest BCUT2D eigenvalue weighted by molar-refractivity contribution is 0.0775. The summed E-state index contributed by atoms with van der Waals surface area (Å²) in [5.41, 5.74) is 1.35. The summed E-state index contributed by atoms with van der Waals surface area (Å²) in [5.74, 6) is 1.27. The molecule has 0 spiro atoms. The summed E-state index contributed by atoms with van der Waals surface area (Å²) in [7, 11) is 3.50. The van der Waals surface area contributed by atoms with Crippen LogP contribution in [0.15, 0.2) is 41.8 Å². The average molecular weight is 344 g/mol. The summed E-state index contributed by atoms with van der Waals surface area (Å²) in [6.07, 6.45) is 1.14. The number of ether oxygens (including phenoxy) is 1.